The summed E-state index contributed by atoms with van der Waals surface area (Å²) in [5.74, 6) is -1.03. The van der Waals surface area contributed by atoms with E-state index in [2.05, 4.69) is 10.0 Å². The summed E-state index contributed by atoms with van der Waals surface area (Å²) in [6.45, 7) is 0.0597. The van der Waals surface area contributed by atoms with Crippen molar-refractivity contribution in [2.45, 2.75) is 17.5 Å². The number of rotatable bonds is 7. The molecule has 186 valence electrons. The van der Waals surface area contributed by atoms with E-state index in [1.54, 1.807) is 30.3 Å². The Morgan fingerprint density at radius 2 is 1.61 bits per heavy atom. The number of nitrogens with zero attached hydrogens (tertiary/aromatic N) is 2. The summed E-state index contributed by atoms with van der Waals surface area (Å²) in [5, 5.41) is 2.71. The van der Waals surface area contributed by atoms with Crippen molar-refractivity contribution in [1.29, 1.82) is 0 Å². The minimum Gasteiger partial charge on any atom is -0.350 e. The van der Waals surface area contributed by atoms with Gasteiger partial charge >= 0.3 is 5.69 Å². The molecule has 0 aliphatic rings. The van der Waals surface area contributed by atoms with Crippen molar-refractivity contribution >= 4 is 26.8 Å². The zero-order valence-electron chi connectivity index (χ0n) is 19.4. The van der Waals surface area contributed by atoms with E-state index in [1.165, 1.54) is 61.1 Å². The highest BCUT2D eigenvalue weighted by molar-refractivity contribution is 7.89. The zero-order chi connectivity index (χ0) is 26.0. The summed E-state index contributed by atoms with van der Waals surface area (Å²) in [6.07, 6.45) is 0. The fourth-order valence-corrected chi connectivity index (χ4v) is 4.99. The molecule has 1 atom stereocenters. The second-order valence-corrected chi connectivity index (χ2v) is 9.91. The van der Waals surface area contributed by atoms with Gasteiger partial charge in [-0.1, -0.05) is 42.5 Å². The lowest BCUT2D eigenvalue weighted by Gasteiger charge is -2.19. The number of aromatic nitrogens is 2. The number of hydrogen-bond acceptors (Lipinski definition) is 5. The predicted octanol–water partition coefficient (Wildman–Crippen LogP) is 1.71. The summed E-state index contributed by atoms with van der Waals surface area (Å²) in [4.78, 5) is 37.6. The fourth-order valence-electron chi connectivity index (χ4n) is 3.78. The Balaban J connectivity index is 1.67. The molecule has 4 rings (SSSR count). The van der Waals surface area contributed by atoms with E-state index < -0.39 is 39.0 Å². The van der Waals surface area contributed by atoms with Gasteiger partial charge in [-0.05, 0) is 41.5 Å². The summed E-state index contributed by atoms with van der Waals surface area (Å²) < 4.78 is 44.3. The molecule has 0 aliphatic heterocycles. The maximum atomic E-state index is 13.3. The lowest BCUT2D eigenvalue weighted by molar-refractivity contribution is -0.123. The monoisotopic (exact) mass is 510 g/mol. The van der Waals surface area contributed by atoms with Crippen LogP contribution in [0.25, 0.3) is 10.9 Å². The SMILES string of the molecule is Cn1c(=O)c2cc(S(=O)(=O)N[C@H](C(=O)NCc3ccc(F)cc3)c3ccccc3)ccc2n(C)c1=O. The topological polar surface area (TPSA) is 119 Å². The third kappa shape index (κ3) is 4.97. The minimum atomic E-state index is -4.28. The molecule has 4 aromatic rings. The molecular weight excluding hydrogens is 487 g/mol. The van der Waals surface area contributed by atoms with Crippen molar-refractivity contribution in [2.75, 3.05) is 0 Å². The van der Waals surface area contributed by atoms with Crippen molar-refractivity contribution in [3.8, 4) is 0 Å². The van der Waals surface area contributed by atoms with Crippen LogP contribution < -0.4 is 21.3 Å². The summed E-state index contributed by atoms with van der Waals surface area (Å²) in [6, 6.07) is 16.4. The largest absolute Gasteiger partial charge is 0.350 e. The number of fused-ring (bicyclic) bond motifs is 1. The first-order valence-electron chi connectivity index (χ1n) is 10.9. The van der Waals surface area contributed by atoms with Gasteiger partial charge in [0.2, 0.25) is 15.9 Å². The normalized spacial score (nSPS) is 12.4. The molecule has 0 saturated carbocycles. The Hall–Kier alpha value is -4.09. The molecule has 0 fully saturated rings. The molecule has 1 aromatic heterocycles. The number of amides is 1. The molecule has 3 aromatic carbocycles. The van der Waals surface area contributed by atoms with Gasteiger partial charge in [0.1, 0.15) is 11.9 Å². The van der Waals surface area contributed by atoms with Crippen LogP contribution in [0.5, 0.6) is 0 Å². The second-order valence-electron chi connectivity index (χ2n) is 8.19. The van der Waals surface area contributed by atoms with Gasteiger partial charge in [0.05, 0.1) is 15.8 Å². The number of hydrogen-bond donors (Lipinski definition) is 2. The first kappa shape index (κ1) is 25.0. The Labute approximate surface area is 205 Å². The molecule has 1 amide bonds. The van der Waals surface area contributed by atoms with Gasteiger partial charge in [-0.2, -0.15) is 4.72 Å². The third-order valence-electron chi connectivity index (χ3n) is 5.80. The smallest absolute Gasteiger partial charge is 0.330 e. The highest BCUT2D eigenvalue weighted by Gasteiger charge is 2.28. The molecule has 0 aliphatic carbocycles. The van der Waals surface area contributed by atoms with Gasteiger partial charge < -0.3 is 5.32 Å². The van der Waals surface area contributed by atoms with Gasteiger partial charge in [0.25, 0.3) is 5.56 Å². The summed E-state index contributed by atoms with van der Waals surface area (Å²) in [7, 11) is -1.50. The fraction of sp³-hybridized carbons (Fsp3) is 0.160. The molecule has 0 radical (unpaired) electrons. The van der Waals surface area contributed by atoms with Crippen LogP contribution >= 0.6 is 0 Å². The number of halogens is 1. The Bertz CT molecular complexity index is 1660. The second kappa shape index (κ2) is 9.88. The van der Waals surface area contributed by atoms with Crippen LogP contribution in [0.15, 0.2) is 87.3 Å². The van der Waals surface area contributed by atoms with Crippen molar-refractivity contribution in [1.82, 2.24) is 19.2 Å². The molecule has 0 bridgehead atoms. The van der Waals surface area contributed by atoms with Crippen LogP contribution in [0.2, 0.25) is 0 Å². The molecular formula is C25H23FN4O5S. The van der Waals surface area contributed by atoms with Crippen LogP contribution in [0.4, 0.5) is 4.39 Å². The average Bonchev–Trinajstić information content (AvgIpc) is 2.89. The third-order valence-corrected chi connectivity index (χ3v) is 7.22. The van der Waals surface area contributed by atoms with Crippen LogP contribution in [0.1, 0.15) is 17.2 Å². The van der Waals surface area contributed by atoms with Crippen LogP contribution in [0, 0.1) is 5.82 Å². The molecule has 2 N–H and O–H groups in total. The summed E-state index contributed by atoms with van der Waals surface area (Å²) in [5.41, 5.74) is 0.135. The highest BCUT2D eigenvalue weighted by Crippen LogP contribution is 2.20. The van der Waals surface area contributed by atoms with E-state index in [4.69, 9.17) is 0 Å². The molecule has 0 spiro atoms. The zero-order valence-corrected chi connectivity index (χ0v) is 20.3. The predicted molar refractivity (Wildman–Crippen MR) is 132 cm³/mol. The van der Waals surface area contributed by atoms with Gasteiger partial charge in [-0.25, -0.2) is 17.6 Å². The van der Waals surface area contributed by atoms with E-state index in [0.29, 0.717) is 11.1 Å². The number of carbonyl (C=O) groups excluding carboxylic acids is 1. The van der Waals surface area contributed by atoms with Crippen molar-refractivity contribution in [2.24, 2.45) is 14.1 Å². The quantitative estimate of drug-likeness (QED) is 0.392. The van der Waals surface area contributed by atoms with E-state index in [-0.39, 0.29) is 22.3 Å². The van der Waals surface area contributed by atoms with E-state index in [9.17, 15) is 27.2 Å². The number of sulfonamides is 1. The number of carbonyl (C=O) groups is 1. The first-order valence-corrected chi connectivity index (χ1v) is 12.4. The van der Waals surface area contributed by atoms with Crippen molar-refractivity contribution in [3.63, 3.8) is 0 Å². The Morgan fingerprint density at radius 1 is 0.944 bits per heavy atom. The average molecular weight is 511 g/mol. The number of benzene rings is 3. The van der Waals surface area contributed by atoms with E-state index in [1.807, 2.05) is 0 Å². The molecule has 11 heteroatoms. The number of nitrogens with one attached hydrogen (secondary N) is 2. The molecule has 9 nitrogen and oxygen atoms in total. The van der Waals surface area contributed by atoms with Crippen LogP contribution in [0.3, 0.4) is 0 Å². The van der Waals surface area contributed by atoms with Crippen molar-refractivity contribution in [3.05, 3.63) is 111 Å². The first-order chi connectivity index (χ1) is 17.1. The van der Waals surface area contributed by atoms with E-state index >= 15 is 0 Å². The van der Waals surface area contributed by atoms with Gasteiger partial charge in [-0.3, -0.25) is 18.7 Å². The Morgan fingerprint density at radius 3 is 2.28 bits per heavy atom. The maximum Gasteiger partial charge on any atom is 0.330 e. The standard InChI is InChI=1S/C25H23FN4O5S/c1-29-21-13-12-19(14-20(21)24(32)30(2)25(29)33)36(34,35)28-22(17-6-4-3-5-7-17)23(31)27-15-16-8-10-18(26)11-9-16/h3-14,22,28H,15H2,1-2H3,(H,27,31)/t22-/m0/s1. The molecule has 1 heterocycles. The van der Waals surface area contributed by atoms with Gasteiger partial charge in [-0.15, -0.1) is 0 Å². The highest BCUT2D eigenvalue weighted by atomic mass is 32.2. The summed E-state index contributed by atoms with van der Waals surface area (Å²) >= 11 is 0. The Kier molecular flexibility index (Phi) is 6.86. The van der Waals surface area contributed by atoms with Crippen LogP contribution in [-0.2, 0) is 35.5 Å². The van der Waals surface area contributed by atoms with E-state index in [0.717, 1.165) is 4.57 Å². The molecule has 36 heavy (non-hydrogen) atoms. The lowest BCUT2D eigenvalue weighted by Crippen LogP contribution is -2.40. The van der Waals surface area contributed by atoms with Crippen molar-refractivity contribution < 1.29 is 17.6 Å². The molecule has 0 unspecified atom stereocenters. The minimum absolute atomic E-state index is 0.0412. The van der Waals surface area contributed by atoms with Gasteiger partial charge in [0, 0.05) is 20.6 Å². The van der Waals surface area contributed by atoms with Gasteiger partial charge in [0.15, 0.2) is 0 Å². The lowest BCUT2D eigenvalue weighted by atomic mass is 10.1. The maximum absolute atomic E-state index is 13.3. The number of aryl methyl sites for hydroxylation is 1. The van der Waals surface area contributed by atoms with Crippen LogP contribution in [-0.4, -0.2) is 23.5 Å². The molecule has 0 saturated heterocycles.